The van der Waals surface area contributed by atoms with Crippen molar-refractivity contribution in [2.45, 2.75) is 33.3 Å². The lowest BCUT2D eigenvalue weighted by molar-refractivity contribution is -0.152. The summed E-state index contributed by atoms with van der Waals surface area (Å²) in [6, 6.07) is 10.4. The van der Waals surface area contributed by atoms with Gasteiger partial charge in [0.1, 0.15) is 5.75 Å². The average Bonchev–Trinajstić information content (AvgIpc) is 2.72. The van der Waals surface area contributed by atoms with Crippen LogP contribution in [0.4, 0.5) is 5.69 Å². The van der Waals surface area contributed by atoms with Crippen LogP contribution in [0.15, 0.2) is 40.9 Å². The highest BCUT2D eigenvalue weighted by atomic mass is 79.9. The molecule has 1 N–H and O–H groups in total. The Morgan fingerprint density at radius 1 is 1.03 bits per heavy atom. The number of hydrogen-bond acceptors (Lipinski definition) is 6. The monoisotopic (exact) mass is 479 g/mol. The molecule has 30 heavy (non-hydrogen) atoms. The van der Waals surface area contributed by atoms with Gasteiger partial charge in [0.15, 0.2) is 17.6 Å². The van der Waals surface area contributed by atoms with E-state index in [0.717, 1.165) is 0 Å². The topological polar surface area (TPSA) is 83.1 Å². The number of halogens is 1. The Balaban J connectivity index is 1.99. The molecule has 1 unspecified atom stereocenters. The number of esters is 1. The average molecular weight is 480 g/mol. The lowest BCUT2D eigenvalue weighted by Crippen LogP contribution is -2.30. The van der Waals surface area contributed by atoms with Crippen molar-refractivity contribution < 1.29 is 28.5 Å². The summed E-state index contributed by atoms with van der Waals surface area (Å²) in [5.41, 5.74) is 1.26. The molecule has 162 valence electrons. The number of anilines is 1. The Hall–Kier alpha value is -2.74. The molecule has 1 atom stereocenters. The van der Waals surface area contributed by atoms with Gasteiger partial charge in [-0.1, -0.05) is 15.9 Å². The van der Waals surface area contributed by atoms with Crippen molar-refractivity contribution in [3.05, 3.63) is 46.4 Å². The van der Waals surface area contributed by atoms with Crippen molar-refractivity contribution in [2.24, 2.45) is 0 Å². The van der Waals surface area contributed by atoms with Gasteiger partial charge >= 0.3 is 5.97 Å². The maximum absolute atomic E-state index is 12.4. The van der Waals surface area contributed by atoms with Crippen LogP contribution in [0, 0.1) is 0 Å². The number of carbonyl (C=O) groups is 2. The lowest BCUT2D eigenvalue weighted by atomic mass is 10.1. The Bertz CT molecular complexity index is 869. The molecule has 0 aliphatic carbocycles. The van der Waals surface area contributed by atoms with Gasteiger partial charge in [0, 0.05) is 10.2 Å². The third-order valence-corrected chi connectivity index (χ3v) is 4.82. The van der Waals surface area contributed by atoms with E-state index in [-0.39, 0.29) is 6.42 Å². The number of hydrogen-bond donors (Lipinski definition) is 1. The van der Waals surface area contributed by atoms with Gasteiger partial charge in [-0.2, -0.15) is 0 Å². The maximum atomic E-state index is 12.4. The van der Waals surface area contributed by atoms with Gasteiger partial charge in [-0.3, -0.25) is 9.59 Å². The Labute approximate surface area is 184 Å². The minimum Gasteiger partial charge on any atom is -0.497 e. The molecule has 0 fully saturated rings. The van der Waals surface area contributed by atoms with Crippen LogP contribution in [-0.2, 0) is 20.7 Å². The summed E-state index contributed by atoms with van der Waals surface area (Å²) in [7, 11) is 1.56. The second kappa shape index (κ2) is 11.4. The van der Waals surface area contributed by atoms with Crippen LogP contribution in [-0.4, -0.2) is 38.3 Å². The van der Waals surface area contributed by atoms with E-state index in [9.17, 15) is 9.59 Å². The minimum atomic E-state index is -0.951. The Morgan fingerprint density at radius 3 is 2.20 bits per heavy atom. The molecule has 8 heteroatoms. The van der Waals surface area contributed by atoms with Crippen LogP contribution in [0.5, 0.6) is 17.2 Å². The number of amides is 1. The number of rotatable bonds is 10. The molecule has 0 saturated carbocycles. The number of methoxy groups -OCH3 is 1. The van der Waals surface area contributed by atoms with Crippen molar-refractivity contribution in [1.29, 1.82) is 0 Å². The van der Waals surface area contributed by atoms with E-state index < -0.39 is 18.0 Å². The summed E-state index contributed by atoms with van der Waals surface area (Å²) in [5.74, 6) is 0.875. The number of nitrogens with one attached hydrogen (secondary N) is 1. The van der Waals surface area contributed by atoms with Gasteiger partial charge in [0.2, 0.25) is 0 Å². The molecule has 0 spiro atoms. The first-order chi connectivity index (χ1) is 14.4. The van der Waals surface area contributed by atoms with Gasteiger partial charge < -0.3 is 24.3 Å². The first-order valence-corrected chi connectivity index (χ1v) is 10.4. The van der Waals surface area contributed by atoms with Crippen molar-refractivity contribution >= 4 is 33.5 Å². The second-order valence-electron chi connectivity index (χ2n) is 6.28. The van der Waals surface area contributed by atoms with Gasteiger partial charge in [-0.25, -0.2) is 0 Å². The highest BCUT2D eigenvalue weighted by Gasteiger charge is 2.20. The molecule has 0 saturated heterocycles. The maximum Gasteiger partial charge on any atom is 0.311 e. The van der Waals surface area contributed by atoms with E-state index >= 15 is 0 Å². The van der Waals surface area contributed by atoms with Crippen LogP contribution >= 0.6 is 15.9 Å². The molecular formula is C22H26BrNO6. The smallest absolute Gasteiger partial charge is 0.311 e. The van der Waals surface area contributed by atoms with Gasteiger partial charge in [-0.05, 0) is 62.7 Å². The zero-order valence-electron chi connectivity index (χ0n) is 17.5. The van der Waals surface area contributed by atoms with Gasteiger partial charge in [0.25, 0.3) is 5.91 Å². The van der Waals surface area contributed by atoms with E-state index in [1.54, 1.807) is 43.5 Å². The third-order valence-electron chi connectivity index (χ3n) is 4.08. The highest BCUT2D eigenvalue weighted by molar-refractivity contribution is 9.10. The Morgan fingerprint density at radius 2 is 1.63 bits per heavy atom. The summed E-state index contributed by atoms with van der Waals surface area (Å²) >= 11 is 3.45. The Kier molecular flexibility index (Phi) is 8.98. The van der Waals surface area contributed by atoms with Crippen molar-refractivity contribution in [3.8, 4) is 17.2 Å². The zero-order chi connectivity index (χ0) is 22.1. The molecule has 0 bridgehead atoms. The molecule has 1 amide bonds. The quantitative estimate of drug-likeness (QED) is 0.509. The van der Waals surface area contributed by atoms with Crippen LogP contribution in [0.1, 0.15) is 26.3 Å². The highest BCUT2D eigenvalue weighted by Crippen LogP contribution is 2.34. The van der Waals surface area contributed by atoms with Crippen molar-refractivity contribution in [1.82, 2.24) is 0 Å². The van der Waals surface area contributed by atoms with E-state index in [1.807, 2.05) is 13.8 Å². The SMILES string of the molecule is CCOc1cc(Br)c(CC(=O)OC(C)C(=O)Nc2ccc(OC)cc2)cc1OCC. The molecular weight excluding hydrogens is 454 g/mol. The summed E-state index contributed by atoms with van der Waals surface area (Å²) in [6.45, 7) is 6.24. The predicted octanol–water partition coefficient (Wildman–Crippen LogP) is 4.37. The number of carbonyl (C=O) groups excluding carboxylic acids is 2. The van der Waals surface area contributed by atoms with Crippen LogP contribution < -0.4 is 19.5 Å². The first-order valence-electron chi connectivity index (χ1n) is 9.60. The standard InChI is InChI=1S/C22H26BrNO6/c1-5-28-19-11-15(18(23)13-20(19)29-6-2)12-21(25)30-14(3)22(26)24-16-7-9-17(27-4)10-8-16/h7-11,13-14H,5-6,12H2,1-4H3,(H,24,26). The normalized spacial score (nSPS) is 11.4. The number of ether oxygens (including phenoxy) is 4. The molecule has 0 aliphatic rings. The zero-order valence-corrected chi connectivity index (χ0v) is 19.1. The summed E-state index contributed by atoms with van der Waals surface area (Å²) in [4.78, 5) is 24.7. The van der Waals surface area contributed by atoms with Crippen molar-refractivity contribution in [3.63, 3.8) is 0 Å². The second-order valence-corrected chi connectivity index (χ2v) is 7.14. The number of benzene rings is 2. The van der Waals surface area contributed by atoms with Crippen LogP contribution in [0.2, 0.25) is 0 Å². The van der Waals surface area contributed by atoms with Crippen LogP contribution in [0.3, 0.4) is 0 Å². The minimum absolute atomic E-state index is 0.0206. The molecule has 2 aromatic rings. The van der Waals surface area contributed by atoms with E-state index in [1.165, 1.54) is 6.92 Å². The lowest BCUT2D eigenvalue weighted by Gasteiger charge is -2.16. The van der Waals surface area contributed by atoms with Crippen molar-refractivity contribution in [2.75, 3.05) is 25.6 Å². The molecule has 0 heterocycles. The molecule has 0 aromatic heterocycles. The fourth-order valence-corrected chi connectivity index (χ4v) is 3.08. The fourth-order valence-electron chi connectivity index (χ4n) is 2.62. The summed E-state index contributed by atoms with van der Waals surface area (Å²) in [5, 5.41) is 2.70. The van der Waals surface area contributed by atoms with E-state index in [2.05, 4.69) is 21.2 Å². The fraction of sp³-hybridized carbons (Fsp3) is 0.364. The molecule has 7 nitrogen and oxygen atoms in total. The summed E-state index contributed by atoms with van der Waals surface area (Å²) in [6.07, 6.45) is -0.972. The third kappa shape index (κ3) is 6.66. The van der Waals surface area contributed by atoms with Gasteiger partial charge in [0.05, 0.1) is 26.7 Å². The van der Waals surface area contributed by atoms with E-state index in [0.29, 0.717) is 46.2 Å². The molecule has 0 aliphatic heterocycles. The molecule has 2 aromatic carbocycles. The first kappa shape index (κ1) is 23.5. The van der Waals surface area contributed by atoms with Crippen LogP contribution in [0.25, 0.3) is 0 Å². The van der Waals surface area contributed by atoms with Gasteiger partial charge in [-0.15, -0.1) is 0 Å². The van der Waals surface area contributed by atoms with E-state index in [4.69, 9.17) is 18.9 Å². The largest absolute Gasteiger partial charge is 0.497 e. The molecule has 2 rings (SSSR count). The predicted molar refractivity (Wildman–Crippen MR) is 117 cm³/mol. The molecule has 0 radical (unpaired) electrons. The summed E-state index contributed by atoms with van der Waals surface area (Å²) < 4.78 is 22.2.